The van der Waals surface area contributed by atoms with Gasteiger partial charge in [-0.25, -0.2) is 0 Å². The van der Waals surface area contributed by atoms with Crippen LogP contribution in [-0.4, -0.2) is 19.5 Å². The molecule has 0 aromatic rings. The molecule has 1 aliphatic heterocycles. The molecule has 0 aromatic carbocycles. The van der Waals surface area contributed by atoms with Gasteiger partial charge in [-0.05, 0) is 80.0 Å². The Morgan fingerprint density at radius 1 is 1.00 bits per heavy atom. The summed E-state index contributed by atoms with van der Waals surface area (Å²) < 4.78 is 11.8. The van der Waals surface area contributed by atoms with Crippen LogP contribution in [0.3, 0.4) is 0 Å². The summed E-state index contributed by atoms with van der Waals surface area (Å²) in [6.45, 7) is 1.87. The molecule has 2 heteroatoms. The Hall–Kier alpha value is -0.340. The molecule has 4 aliphatic carbocycles. The highest BCUT2D eigenvalue weighted by Crippen LogP contribution is 2.66. The zero-order valence-corrected chi connectivity index (χ0v) is 12.2. The second-order valence-corrected chi connectivity index (χ2v) is 7.89. The van der Waals surface area contributed by atoms with Gasteiger partial charge in [-0.3, -0.25) is 0 Å². The topological polar surface area (TPSA) is 18.5 Å². The molecule has 5 aliphatic rings. The molecule has 4 fully saturated rings. The van der Waals surface area contributed by atoms with Gasteiger partial charge in [0.05, 0.1) is 6.61 Å². The Morgan fingerprint density at radius 3 is 2.75 bits per heavy atom. The minimum Gasteiger partial charge on any atom is -0.353 e. The smallest absolute Gasteiger partial charge is 0.157 e. The van der Waals surface area contributed by atoms with Gasteiger partial charge in [0, 0.05) is 6.61 Å². The van der Waals surface area contributed by atoms with Gasteiger partial charge in [0.1, 0.15) is 0 Å². The Labute approximate surface area is 121 Å². The maximum Gasteiger partial charge on any atom is 0.157 e. The van der Waals surface area contributed by atoms with Crippen LogP contribution in [0.15, 0.2) is 12.2 Å². The van der Waals surface area contributed by atoms with E-state index in [1.807, 2.05) is 0 Å². The summed E-state index contributed by atoms with van der Waals surface area (Å²) in [5.41, 5.74) is 0. The van der Waals surface area contributed by atoms with Gasteiger partial charge in [-0.2, -0.15) is 0 Å². The molecular weight excluding hydrogens is 248 g/mol. The summed E-state index contributed by atoms with van der Waals surface area (Å²) in [5, 5.41) is 0. The van der Waals surface area contributed by atoms with Gasteiger partial charge in [0.25, 0.3) is 0 Å². The summed E-state index contributed by atoms with van der Waals surface area (Å²) in [4.78, 5) is 0. The molecular formula is C18H26O2. The second-order valence-electron chi connectivity index (χ2n) is 7.89. The highest BCUT2D eigenvalue weighted by molar-refractivity contribution is 5.20. The van der Waals surface area contributed by atoms with Crippen molar-refractivity contribution in [2.75, 3.05) is 13.2 Å². The predicted molar refractivity (Wildman–Crippen MR) is 77.0 cm³/mol. The van der Waals surface area contributed by atoms with E-state index in [2.05, 4.69) is 12.2 Å². The van der Waals surface area contributed by atoms with E-state index in [1.165, 1.54) is 32.1 Å². The zero-order valence-electron chi connectivity index (χ0n) is 12.2. The molecule has 110 valence electrons. The molecule has 8 unspecified atom stereocenters. The van der Waals surface area contributed by atoms with Crippen molar-refractivity contribution in [3.8, 4) is 0 Å². The van der Waals surface area contributed by atoms with Gasteiger partial charge in [0.2, 0.25) is 0 Å². The van der Waals surface area contributed by atoms with Crippen LogP contribution < -0.4 is 0 Å². The highest BCUT2D eigenvalue weighted by Gasteiger charge is 2.60. The molecule has 0 amide bonds. The van der Waals surface area contributed by atoms with E-state index in [1.54, 1.807) is 0 Å². The minimum atomic E-state index is 0.110. The van der Waals surface area contributed by atoms with Crippen LogP contribution in [0, 0.1) is 41.4 Å². The van der Waals surface area contributed by atoms with Gasteiger partial charge in [-0.15, -0.1) is 0 Å². The first kappa shape index (κ1) is 12.2. The third kappa shape index (κ3) is 1.70. The number of allylic oxidation sites excluding steroid dienone is 2. The SMILES string of the molecule is C1=CC2CC1C1C3CC(COC4CCCCO4)C(C3)C21. The lowest BCUT2D eigenvalue weighted by Crippen LogP contribution is -2.34. The Morgan fingerprint density at radius 2 is 1.90 bits per heavy atom. The molecule has 20 heavy (non-hydrogen) atoms. The highest BCUT2D eigenvalue weighted by atomic mass is 16.7. The number of ether oxygens (including phenoxy) is 2. The van der Waals surface area contributed by atoms with Crippen molar-refractivity contribution in [2.24, 2.45) is 41.4 Å². The first-order chi connectivity index (χ1) is 9.90. The summed E-state index contributed by atoms with van der Waals surface area (Å²) in [5.74, 6) is 6.76. The Balaban J connectivity index is 1.23. The molecule has 1 saturated heterocycles. The molecule has 1 heterocycles. The molecule has 8 atom stereocenters. The number of rotatable bonds is 3. The molecule has 3 saturated carbocycles. The van der Waals surface area contributed by atoms with E-state index in [-0.39, 0.29) is 6.29 Å². The Kier molecular flexibility index (Phi) is 2.80. The van der Waals surface area contributed by atoms with Crippen LogP contribution in [0.1, 0.15) is 38.5 Å². The molecule has 0 N–H and O–H groups in total. The standard InChI is InChI=1S/C18H26O2/c1-2-6-19-16(3-1)20-10-14-8-13-9-15(14)18-12-5-4-11(7-12)17(13)18/h4-5,11-18H,1-3,6-10H2. The van der Waals surface area contributed by atoms with Crippen molar-refractivity contribution >= 4 is 0 Å². The summed E-state index contributed by atoms with van der Waals surface area (Å²) in [7, 11) is 0. The first-order valence-electron chi connectivity index (χ1n) is 8.81. The number of hydrogen-bond donors (Lipinski definition) is 0. The maximum atomic E-state index is 6.11. The largest absolute Gasteiger partial charge is 0.353 e. The lowest BCUT2D eigenvalue weighted by Gasteiger charge is -2.37. The van der Waals surface area contributed by atoms with E-state index in [0.717, 1.165) is 61.1 Å². The normalized spacial score (nSPS) is 55.6. The van der Waals surface area contributed by atoms with Gasteiger partial charge in [0.15, 0.2) is 6.29 Å². The van der Waals surface area contributed by atoms with Crippen LogP contribution in [-0.2, 0) is 9.47 Å². The van der Waals surface area contributed by atoms with E-state index in [9.17, 15) is 0 Å². The van der Waals surface area contributed by atoms with Gasteiger partial charge < -0.3 is 9.47 Å². The monoisotopic (exact) mass is 274 g/mol. The molecule has 4 bridgehead atoms. The van der Waals surface area contributed by atoms with Gasteiger partial charge in [-0.1, -0.05) is 12.2 Å². The van der Waals surface area contributed by atoms with Gasteiger partial charge >= 0.3 is 0 Å². The average Bonchev–Trinajstić information content (AvgIpc) is 3.24. The second kappa shape index (κ2) is 4.58. The molecule has 2 nitrogen and oxygen atoms in total. The van der Waals surface area contributed by atoms with Crippen molar-refractivity contribution < 1.29 is 9.47 Å². The molecule has 5 rings (SSSR count). The number of fused-ring (bicyclic) bond motifs is 9. The van der Waals surface area contributed by atoms with Crippen molar-refractivity contribution in [1.29, 1.82) is 0 Å². The van der Waals surface area contributed by atoms with Crippen molar-refractivity contribution in [2.45, 2.75) is 44.8 Å². The quantitative estimate of drug-likeness (QED) is 0.578. The van der Waals surface area contributed by atoms with Crippen LogP contribution in [0.2, 0.25) is 0 Å². The lowest BCUT2D eigenvalue weighted by atomic mass is 9.69. The van der Waals surface area contributed by atoms with Crippen LogP contribution in [0.5, 0.6) is 0 Å². The van der Waals surface area contributed by atoms with Crippen molar-refractivity contribution in [1.82, 2.24) is 0 Å². The number of hydrogen-bond acceptors (Lipinski definition) is 2. The van der Waals surface area contributed by atoms with E-state index < -0.39 is 0 Å². The average molecular weight is 274 g/mol. The van der Waals surface area contributed by atoms with Crippen LogP contribution >= 0.6 is 0 Å². The summed E-state index contributed by atoms with van der Waals surface area (Å²) in [6, 6.07) is 0. The fourth-order valence-electron chi connectivity index (χ4n) is 6.42. The third-order valence-corrected chi connectivity index (χ3v) is 7.04. The maximum absolute atomic E-state index is 6.11. The van der Waals surface area contributed by atoms with Crippen LogP contribution in [0.25, 0.3) is 0 Å². The summed E-state index contributed by atoms with van der Waals surface area (Å²) >= 11 is 0. The Bertz CT molecular complexity index is 412. The third-order valence-electron chi connectivity index (χ3n) is 7.04. The predicted octanol–water partition coefficient (Wildman–Crippen LogP) is 3.62. The van der Waals surface area contributed by atoms with Crippen molar-refractivity contribution in [3.63, 3.8) is 0 Å². The van der Waals surface area contributed by atoms with Crippen LogP contribution in [0.4, 0.5) is 0 Å². The minimum absolute atomic E-state index is 0.110. The molecule has 0 radical (unpaired) electrons. The fraction of sp³-hybridized carbons (Fsp3) is 0.889. The fourth-order valence-corrected chi connectivity index (χ4v) is 6.42. The zero-order chi connectivity index (χ0) is 13.1. The lowest BCUT2D eigenvalue weighted by molar-refractivity contribution is -0.173. The van der Waals surface area contributed by atoms with E-state index in [4.69, 9.17) is 9.47 Å². The molecule has 0 aromatic heterocycles. The first-order valence-corrected chi connectivity index (χ1v) is 8.81. The summed E-state index contributed by atoms with van der Waals surface area (Å²) in [6.07, 6.45) is 13.2. The van der Waals surface area contributed by atoms with E-state index >= 15 is 0 Å². The van der Waals surface area contributed by atoms with Crippen molar-refractivity contribution in [3.05, 3.63) is 12.2 Å². The van der Waals surface area contributed by atoms with E-state index in [0.29, 0.717) is 0 Å². The molecule has 0 spiro atoms.